The molecule has 0 aliphatic heterocycles. The Morgan fingerprint density at radius 2 is 2.00 bits per heavy atom. The Morgan fingerprint density at radius 1 is 1.28 bits per heavy atom. The summed E-state index contributed by atoms with van der Waals surface area (Å²) < 4.78 is 0. The number of nitrogen functional groups attached to an aromatic ring is 1. The maximum Gasteiger partial charge on any atom is 0.258 e. The minimum absolute atomic E-state index is 0.0993. The number of anilines is 2. The van der Waals surface area contributed by atoms with Crippen LogP contribution in [0.1, 0.15) is 17.3 Å². The van der Waals surface area contributed by atoms with Gasteiger partial charge in [-0.1, -0.05) is 0 Å². The van der Waals surface area contributed by atoms with Gasteiger partial charge in [0, 0.05) is 36.4 Å². The number of nitrogens with two attached hydrogens (primary N) is 1. The molecular weight excluding hydrogens is 228 g/mol. The average molecular weight is 242 g/mol. The molecule has 0 atom stereocenters. The normalized spacial score (nSPS) is 10.1. The van der Waals surface area contributed by atoms with E-state index in [-0.39, 0.29) is 5.91 Å². The highest BCUT2D eigenvalue weighted by molar-refractivity contribution is 6.06. The predicted molar refractivity (Wildman–Crippen MR) is 70.2 cm³/mol. The molecule has 0 aromatic carbocycles. The number of aromatic nitrogens is 2. The Labute approximate surface area is 105 Å². The Bertz CT molecular complexity index is 542. The van der Waals surface area contributed by atoms with Crippen LogP contribution in [-0.2, 0) is 0 Å². The van der Waals surface area contributed by atoms with E-state index in [0.29, 0.717) is 17.9 Å². The number of carbonyl (C=O) groups is 1. The molecule has 0 aliphatic carbocycles. The molecule has 2 N–H and O–H groups in total. The zero-order valence-electron chi connectivity index (χ0n) is 10.1. The topological polar surface area (TPSA) is 72.1 Å². The summed E-state index contributed by atoms with van der Waals surface area (Å²) in [5.41, 5.74) is 6.93. The van der Waals surface area contributed by atoms with E-state index in [2.05, 4.69) is 9.97 Å². The van der Waals surface area contributed by atoms with Crippen molar-refractivity contribution in [3.8, 4) is 0 Å². The first-order chi connectivity index (χ1) is 8.72. The molecule has 5 nitrogen and oxygen atoms in total. The average Bonchev–Trinajstić information content (AvgIpc) is 2.41. The summed E-state index contributed by atoms with van der Waals surface area (Å²) in [7, 11) is 0. The number of hydrogen-bond acceptors (Lipinski definition) is 4. The van der Waals surface area contributed by atoms with Crippen molar-refractivity contribution in [2.45, 2.75) is 6.92 Å². The van der Waals surface area contributed by atoms with Crippen molar-refractivity contribution in [2.24, 2.45) is 0 Å². The Morgan fingerprint density at radius 3 is 2.61 bits per heavy atom. The number of pyridine rings is 2. The lowest BCUT2D eigenvalue weighted by molar-refractivity contribution is 0.0988. The standard InChI is InChI=1S/C13H14N4O/c1-2-17(11-4-6-15-7-5-11)13(18)10-3-8-16-12(14)9-10/h3-9H,2H2,1H3,(H2,14,16). The van der Waals surface area contributed by atoms with Crippen LogP contribution >= 0.6 is 0 Å². The summed E-state index contributed by atoms with van der Waals surface area (Å²) in [6.07, 6.45) is 4.85. The SMILES string of the molecule is CCN(C(=O)c1ccnc(N)c1)c1ccncc1. The van der Waals surface area contributed by atoms with E-state index >= 15 is 0 Å². The summed E-state index contributed by atoms with van der Waals surface area (Å²) in [6.45, 7) is 2.49. The van der Waals surface area contributed by atoms with Crippen LogP contribution in [0.2, 0.25) is 0 Å². The smallest absolute Gasteiger partial charge is 0.258 e. The van der Waals surface area contributed by atoms with Gasteiger partial charge in [0.1, 0.15) is 5.82 Å². The lowest BCUT2D eigenvalue weighted by atomic mass is 10.2. The second kappa shape index (κ2) is 5.27. The van der Waals surface area contributed by atoms with Crippen LogP contribution in [0.3, 0.4) is 0 Å². The van der Waals surface area contributed by atoms with Crippen molar-refractivity contribution in [1.29, 1.82) is 0 Å². The van der Waals surface area contributed by atoms with Gasteiger partial charge in [-0.05, 0) is 31.2 Å². The van der Waals surface area contributed by atoms with Gasteiger partial charge < -0.3 is 10.6 Å². The highest BCUT2D eigenvalue weighted by atomic mass is 16.2. The second-order valence-corrected chi connectivity index (χ2v) is 3.72. The molecule has 2 aromatic heterocycles. The van der Waals surface area contributed by atoms with Crippen molar-refractivity contribution in [1.82, 2.24) is 9.97 Å². The number of rotatable bonds is 3. The van der Waals surface area contributed by atoms with Crippen LogP contribution in [0.4, 0.5) is 11.5 Å². The maximum atomic E-state index is 12.4. The van der Waals surface area contributed by atoms with E-state index in [9.17, 15) is 4.79 Å². The lowest BCUT2D eigenvalue weighted by Crippen LogP contribution is -2.30. The summed E-state index contributed by atoms with van der Waals surface area (Å²) in [6, 6.07) is 6.83. The van der Waals surface area contributed by atoms with Gasteiger partial charge in [0.2, 0.25) is 0 Å². The molecule has 5 heteroatoms. The van der Waals surface area contributed by atoms with E-state index in [4.69, 9.17) is 5.73 Å². The first-order valence-electron chi connectivity index (χ1n) is 5.65. The van der Waals surface area contributed by atoms with Gasteiger partial charge in [-0.15, -0.1) is 0 Å². The first kappa shape index (κ1) is 12.0. The molecule has 0 saturated heterocycles. The highest BCUT2D eigenvalue weighted by Crippen LogP contribution is 2.16. The van der Waals surface area contributed by atoms with E-state index < -0.39 is 0 Å². The third kappa shape index (κ3) is 2.45. The molecule has 92 valence electrons. The largest absolute Gasteiger partial charge is 0.384 e. The van der Waals surface area contributed by atoms with Crippen LogP contribution in [0.15, 0.2) is 42.9 Å². The molecule has 0 fully saturated rings. The molecule has 0 unspecified atom stereocenters. The third-order valence-corrected chi connectivity index (χ3v) is 2.56. The van der Waals surface area contributed by atoms with Crippen molar-refractivity contribution < 1.29 is 4.79 Å². The van der Waals surface area contributed by atoms with E-state index in [0.717, 1.165) is 5.69 Å². The third-order valence-electron chi connectivity index (χ3n) is 2.56. The number of carbonyl (C=O) groups excluding carboxylic acids is 1. The van der Waals surface area contributed by atoms with Gasteiger partial charge in [0.15, 0.2) is 0 Å². The fourth-order valence-corrected chi connectivity index (χ4v) is 1.70. The van der Waals surface area contributed by atoms with Gasteiger partial charge in [0.25, 0.3) is 5.91 Å². The van der Waals surface area contributed by atoms with Crippen LogP contribution < -0.4 is 10.6 Å². The second-order valence-electron chi connectivity index (χ2n) is 3.72. The van der Waals surface area contributed by atoms with Gasteiger partial charge in [-0.25, -0.2) is 4.98 Å². The lowest BCUT2D eigenvalue weighted by Gasteiger charge is -2.20. The summed E-state index contributed by atoms with van der Waals surface area (Å²) in [4.78, 5) is 21.8. The fourth-order valence-electron chi connectivity index (χ4n) is 1.70. The van der Waals surface area contributed by atoms with Crippen molar-refractivity contribution in [3.63, 3.8) is 0 Å². The Hall–Kier alpha value is -2.43. The van der Waals surface area contributed by atoms with E-state index in [1.165, 1.54) is 6.20 Å². The quantitative estimate of drug-likeness (QED) is 0.889. The summed E-state index contributed by atoms with van der Waals surface area (Å²) in [5, 5.41) is 0. The van der Waals surface area contributed by atoms with E-state index in [1.54, 1.807) is 41.6 Å². The molecule has 2 heterocycles. The molecule has 0 aliphatic rings. The molecule has 0 radical (unpaired) electrons. The minimum atomic E-state index is -0.0993. The molecule has 2 rings (SSSR count). The molecule has 0 saturated carbocycles. The fraction of sp³-hybridized carbons (Fsp3) is 0.154. The van der Waals surface area contributed by atoms with E-state index in [1.807, 2.05) is 6.92 Å². The number of hydrogen-bond donors (Lipinski definition) is 1. The monoisotopic (exact) mass is 242 g/mol. The number of nitrogens with zero attached hydrogens (tertiary/aromatic N) is 3. The molecule has 0 bridgehead atoms. The molecule has 0 spiro atoms. The Kier molecular flexibility index (Phi) is 3.52. The van der Waals surface area contributed by atoms with Gasteiger partial charge in [-0.3, -0.25) is 9.78 Å². The predicted octanol–water partition coefficient (Wildman–Crippen LogP) is 1.73. The van der Waals surface area contributed by atoms with Crippen LogP contribution in [-0.4, -0.2) is 22.4 Å². The van der Waals surface area contributed by atoms with Crippen molar-refractivity contribution >= 4 is 17.4 Å². The van der Waals surface area contributed by atoms with Gasteiger partial charge in [0.05, 0.1) is 0 Å². The first-order valence-corrected chi connectivity index (χ1v) is 5.65. The molecule has 18 heavy (non-hydrogen) atoms. The minimum Gasteiger partial charge on any atom is -0.384 e. The zero-order valence-corrected chi connectivity index (χ0v) is 10.1. The Balaban J connectivity index is 2.32. The van der Waals surface area contributed by atoms with Crippen LogP contribution in [0.5, 0.6) is 0 Å². The molecule has 1 amide bonds. The van der Waals surface area contributed by atoms with Crippen LogP contribution in [0.25, 0.3) is 0 Å². The molecular formula is C13H14N4O. The summed E-state index contributed by atoms with van der Waals surface area (Å²) in [5.74, 6) is 0.240. The van der Waals surface area contributed by atoms with Gasteiger partial charge >= 0.3 is 0 Å². The van der Waals surface area contributed by atoms with Crippen molar-refractivity contribution in [2.75, 3.05) is 17.2 Å². The zero-order chi connectivity index (χ0) is 13.0. The van der Waals surface area contributed by atoms with Gasteiger partial charge in [-0.2, -0.15) is 0 Å². The highest BCUT2D eigenvalue weighted by Gasteiger charge is 2.16. The number of amides is 1. The van der Waals surface area contributed by atoms with Crippen LogP contribution in [0, 0.1) is 0 Å². The van der Waals surface area contributed by atoms with Crippen molar-refractivity contribution in [3.05, 3.63) is 48.4 Å². The maximum absolute atomic E-state index is 12.4. The summed E-state index contributed by atoms with van der Waals surface area (Å²) >= 11 is 0. The molecule has 2 aromatic rings.